The number of carbonyl (C=O) groups excluding carboxylic acids is 10. The van der Waals surface area contributed by atoms with Crippen LogP contribution < -0.4 is 54.8 Å². The first kappa shape index (κ1) is 57.1. The van der Waals surface area contributed by atoms with Crippen molar-refractivity contribution in [3.8, 4) is 0 Å². The smallest absolute Gasteiger partial charge is 0.246 e. The predicted molar refractivity (Wildman–Crippen MR) is 275 cm³/mol. The number of para-hydroxylation sites is 1. The number of aromatic amines is 1. The zero-order valence-corrected chi connectivity index (χ0v) is 42.6. The largest absolute Gasteiger partial charge is 0.370 e. The van der Waals surface area contributed by atoms with E-state index in [0.29, 0.717) is 43.4 Å². The Labute approximate surface area is 438 Å². The van der Waals surface area contributed by atoms with Gasteiger partial charge in [0.1, 0.15) is 36.3 Å². The first-order valence-electron chi connectivity index (χ1n) is 25.5. The predicted octanol–water partition coefficient (Wildman–Crippen LogP) is -1.96. The second-order valence-electron chi connectivity index (χ2n) is 19.5. The Morgan fingerprint density at radius 1 is 0.750 bits per heavy atom. The van der Waals surface area contributed by atoms with E-state index in [4.69, 9.17) is 22.9 Å². The van der Waals surface area contributed by atoms with Crippen LogP contribution in [0.2, 0.25) is 0 Å². The monoisotopic (exact) mass is 1050 g/mol. The number of nitrogens with one attached hydrogen (secondary N) is 7. The Morgan fingerprint density at radius 2 is 1.39 bits per heavy atom. The number of aryl methyl sites for hydroxylation is 2. The summed E-state index contributed by atoms with van der Waals surface area (Å²) in [7, 11) is 0. The second kappa shape index (κ2) is 26.8. The number of nitrogens with two attached hydrogens (primary N) is 4. The highest BCUT2D eigenvalue weighted by Crippen LogP contribution is 2.30. The van der Waals surface area contributed by atoms with Gasteiger partial charge in [0.05, 0.1) is 30.6 Å². The van der Waals surface area contributed by atoms with Crippen molar-refractivity contribution in [2.75, 3.05) is 13.1 Å². The molecule has 2 saturated heterocycles. The van der Waals surface area contributed by atoms with E-state index in [9.17, 15) is 38.4 Å². The van der Waals surface area contributed by atoms with Crippen molar-refractivity contribution in [3.63, 3.8) is 0 Å². The molecule has 0 spiro atoms. The molecule has 0 bridgehead atoms. The van der Waals surface area contributed by atoms with Crippen molar-refractivity contribution in [2.24, 2.45) is 28.9 Å². The van der Waals surface area contributed by atoms with Gasteiger partial charge in [-0.05, 0) is 61.6 Å². The van der Waals surface area contributed by atoms with Gasteiger partial charge in [-0.15, -0.1) is 5.10 Å². The number of carbonyl (C=O) groups is 10. The van der Waals surface area contributed by atoms with Gasteiger partial charge in [0, 0.05) is 55.6 Å². The zero-order chi connectivity index (χ0) is 55.1. The van der Waals surface area contributed by atoms with E-state index in [1.807, 2.05) is 54.6 Å². The topological polar surface area (TPSA) is 397 Å². The van der Waals surface area contributed by atoms with Crippen molar-refractivity contribution < 1.29 is 47.9 Å². The van der Waals surface area contributed by atoms with Gasteiger partial charge in [0.2, 0.25) is 59.1 Å². The standard InChI is InChI=1S/C51H69N15O10/c1-3-28(2)44-51(76)65-27-32(66-26-31(63-64-66)17-16-29-11-5-4-6-12-29)22-40(65)50(75)61-37(21-30-25-57-35-14-8-7-13-33(30)35)47(72)58-36(45(55)70)15-9-10-20-56-43(69)19-18-34(52)46(71)59-38(23-41(53)67)48(73)60-39(24-42(54)68)49(74)62-44/h4-8,11-14,25-26,28,32,34,36-40,44,57H,3,9-10,15-24,27,52H2,1-2H3,(H2,53,67)(H2,54,68)(H2,55,70)(H,56,69)(H,58,72)(H,59,71)(H,60,73)(H,61,75)(H,62,74)/t28-,32-,34-,36-,37-,38-,39-,40-,44-/m0/s1. The lowest BCUT2D eigenvalue weighted by molar-refractivity contribution is -0.144. The SMILES string of the molecule is CC[C@H](C)[C@@H]1NC(=O)[C@H](CC(N)=O)NC(=O)[C@H](CC(N)=O)NC(=O)[C@@H](N)CCC(=O)NCCCC[C@@H](C(N)=O)NC(=O)[C@H](Cc2c[nH]c3ccccc23)NC(=O)[C@@H]2C[C@H](n3cc(CCc4ccccc4)nn3)CN2C1=O. The van der Waals surface area contributed by atoms with Gasteiger partial charge in [-0.1, -0.05) is 74.0 Å². The average molecular weight is 1050 g/mol. The summed E-state index contributed by atoms with van der Waals surface area (Å²) in [4.78, 5) is 141. The van der Waals surface area contributed by atoms with Crippen molar-refractivity contribution in [1.29, 1.82) is 0 Å². The van der Waals surface area contributed by atoms with Crippen LogP contribution in [0.15, 0.2) is 67.0 Å². The highest BCUT2D eigenvalue weighted by atomic mass is 16.2. The summed E-state index contributed by atoms with van der Waals surface area (Å²) in [6, 6.07) is 6.40. The first-order chi connectivity index (χ1) is 36.3. The van der Waals surface area contributed by atoms with Crippen molar-refractivity contribution >= 4 is 70.0 Å². The van der Waals surface area contributed by atoms with Crippen LogP contribution in [-0.4, -0.2) is 139 Å². The van der Waals surface area contributed by atoms with Crippen LogP contribution >= 0.6 is 0 Å². The van der Waals surface area contributed by atoms with Crippen molar-refractivity contribution in [2.45, 2.75) is 139 Å². The van der Waals surface area contributed by atoms with Crippen LogP contribution in [0.3, 0.4) is 0 Å². The molecule has 4 aromatic rings. The summed E-state index contributed by atoms with van der Waals surface area (Å²) in [6.07, 6.45) is 3.58. The van der Waals surface area contributed by atoms with Gasteiger partial charge in [0.25, 0.3) is 0 Å². The lowest BCUT2D eigenvalue weighted by atomic mass is 9.96. The zero-order valence-electron chi connectivity index (χ0n) is 42.6. The minimum absolute atomic E-state index is 0.0287. The van der Waals surface area contributed by atoms with E-state index in [1.54, 1.807) is 30.9 Å². The third-order valence-corrected chi connectivity index (χ3v) is 13.8. The fourth-order valence-corrected chi connectivity index (χ4v) is 9.27. The molecule has 408 valence electrons. The maximum Gasteiger partial charge on any atom is 0.246 e. The molecule has 0 aliphatic carbocycles. The lowest BCUT2D eigenvalue weighted by Crippen LogP contribution is -2.61. The average Bonchev–Trinajstić information content (AvgIpc) is 4.16. The van der Waals surface area contributed by atoms with Crippen LogP contribution in [-0.2, 0) is 67.2 Å². The Balaban J connectivity index is 1.37. The summed E-state index contributed by atoms with van der Waals surface area (Å²) in [5, 5.41) is 25.2. The molecule has 25 heteroatoms. The van der Waals surface area contributed by atoms with Gasteiger partial charge in [-0.25, -0.2) is 4.68 Å². The number of fused-ring (bicyclic) bond motifs is 2. The molecule has 6 rings (SSSR count). The van der Waals surface area contributed by atoms with E-state index in [2.05, 4.69) is 47.2 Å². The molecular weight excluding hydrogens is 983 g/mol. The number of primary amides is 3. The molecule has 10 amide bonds. The Morgan fingerprint density at radius 3 is 2.08 bits per heavy atom. The third-order valence-electron chi connectivity index (χ3n) is 13.8. The van der Waals surface area contributed by atoms with E-state index >= 15 is 9.59 Å². The second-order valence-corrected chi connectivity index (χ2v) is 19.5. The molecule has 76 heavy (non-hydrogen) atoms. The summed E-state index contributed by atoms with van der Waals surface area (Å²) >= 11 is 0. The summed E-state index contributed by atoms with van der Waals surface area (Å²) in [5.74, 6) is -9.37. The molecule has 15 N–H and O–H groups in total. The number of hydrogen-bond acceptors (Lipinski definition) is 13. The van der Waals surface area contributed by atoms with Gasteiger partial charge in [-0.2, -0.15) is 0 Å². The summed E-state index contributed by atoms with van der Waals surface area (Å²) < 4.78 is 1.57. The molecule has 25 nitrogen and oxygen atoms in total. The molecule has 0 saturated carbocycles. The lowest BCUT2D eigenvalue weighted by Gasteiger charge is -2.33. The molecule has 2 aromatic carbocycles. The van der Waals surface area contributed by atoms with Crippen molar-refractivity contribution in [3.05, 3.63) is 83.8 Å². The number of H-pyrrole nitrogens is 1. The minimum Gasteiger partial charge on any atom is -0.370 e. The van der Waals surface area contributed by atoms with Gasteiger partial charge in [-0.3, -0.25) is 47.9 Å². The minimum atomic E-state index is -1.76. The first-order valence-corrected chi connectivity index (χ1v) is 25.5. The maximum absolute atomic E-state index is 15.2. The van der Waals surface area contributed by atoms with Gasteiger partial charge in [0.15, 0.2) is 0 Å². The van der Waals surface area contributed by atoms with Crippen LogP contribution in [0, 0.1) is 5.92 Å². The van der Waals surface area contributed by atoms with Crippen molar-refractivity contribution in [1.82, 2.24) is 56.8 Å². The fraction of sp³-hybridized carbons (Fsp3) is 0.490. The van der Waals surface area contributed by atoms with Crippen LogP contribution in [0.1, 0.15) is 94.5 Å². The molecule has 2 aliphatic rings. The van der Waals surface area contributed by atoms with Gasteiger partial charge < -0.3 is 64.7 Å². The quantitative estimate of drug-likeness (QED) is 0.0694. The third kappa shape index (κ3) is 15.7. The van der Waals surface area contributed by atoms with E-state index < -0.39 is 126 Å². The molecule has 0 radical (unpaired) electrons. The Bertz CT molecular complexity index is 2750. The van der Waals surface area contributed by atoms with Gasteiger partial charge >= 0.3 is 0 Å². The molecule has 2 aliphatic heterocycles. The van der Waals surface area contributed by atoms with E-state index in [1.165, 1.54) is 4.90 Å². The Hall–Kier alpha value is -8.22. The molecule has 2 aromatic heterocycles. The Kier molecular flexibility index (Phi) is 20.1. The van der Waals surface area contributed by atoms with Crippen LogP contribution in [0.4, 0.5) is 0 Å². The van der Waals surface area contributed by atoms with E-state index in [-0.39, 0.29) is 45.2 Å². The molecule has 4 heterocycles. The highest BCUT2D eigenvalue weighted by molar-refractivity contribution is 6.00. The van der Waals surface area contributed by atoms with E-state index in [0.717, 1.165) is 16.5 Å². The number of nitrogens with zero attached hydrogens (tertiary/aromatic N) is 4. The van der Waals surface area contributed by atoms with Crippen LogP contribution in [0.5, 0.6) is 0 Å². The molecular formula is C51H69N15O10. The highest BCUT2D eigenvalue weighted by Gasteiger charge is 2.45. The summed E-state index contributed by atoms with van der Waals surface area (Å²) in [5.41, 5.74) is 26.0. The molecule has 0 unspecified atom stereocenters. The number of amides is 10. The number of benzene rings is 2. The number of rotatable bonds is 13. The fourth-order valence-electron chi connectivity index (χ4n) is 9.27. The number of aromatic nitrogens is 4. The number of hydrogen-bond donors (Lipinski definition) is 11. The summed E-state index contributed by atoms with van der Waals surface area (Å²) in [6.45, 7) is 3.45. The molecule has 2 fully saturated rings. The van der Waals surface area contributed by atoms with Crippen LogP contribution in [0.25, 0.3) is 10.9 Å². The molecule has 9 atom stereocenters. The normalized spacial score (nSPS) is 24.7. The maximum atomic E-state index is 15.2.